The van der Waals surface area contributed by atoms with Crippen molar-refractivity contribution in [2.75, 3.05) is 25.5 Å². The van der Waals surface area contributed by atoms with Crippen LogP contribution in [0, 0.1) is 5.92 Å². The second-order valence-electron chi connectivity index (χ2n) is 4.70. The minimum atomic E-state index is 0.618. The maximum Gasteiger partial charge on any atom is 0.0489 e. The molecule has 0 heterocycles. The lowest BCUT2D eigenvalue weighted by Gasteiger charge is -2.08. The maximum atomic E-state index is 5.85. The van der Waals surface area contributed by atoms with Crippen molar-refractivity contribution >= 4 is 5.69 Å². The lowest BCUT2D eigenvalue weighted by molar-refractivity contribution is 0.108. The minimum Gasteiger partial charge on any atom is -0.398 e. The second-order valence-corrected chi connectivity index (χ2v) is 4.70. The van der Waals surface area contributed by atoms with Gasteiger partial charge in [-0.3, -0.25) is 0 Å². The Hall–Kier alpha value is -1.06. The second kappa shape index (κ2) is 8.09. The molecule has 0 bridgehead atoms. The van der Waals surface area contributed by atoms with E-state index in [0.29, 0.717) is 5.92 Å². The molecule has 0 atom stereocenters. The maximum absolute atomic E-state index is 5.85. The fraction of sp³-hybridized carbons (Fsp3) is 0.571. The van der Waals surface area contributed by atoms with Crippen LogP contribution >= 0.6 is 0 Å². The van der Waals surface area contributed by atoms with Crippen molar-refractivity contribution in [3.63, 3.8) is 0 Å². The normalized spacial score (nSPS) is 11.0. The van der Waals surface area contributed by atoms with Crippen LogP contribution in [0.5, 0.6) is 0 Å². The van der Waals surface area contributed by atoms with E-state index in [1.165, 1.54) is 0 Å². The molecule has 3 heteroatoms. The van der Waals surface area contributed by atoms with Crippen molar-refractivity contribution in [1.82, 2.24) is 5.32 Å². The van der Waals surface area contributed by atoms with E-state index in [9.17, 15) is 0 Å². The molecule has 0 aliphatic carbocycles. The number of hydrogen-bond donors (Lipinski definition) is 2. The van der Waals surface area contributed by atoms with Gasteiger partial charge in [0.05, 0.1) is 0 Å². The number of para-hydroxylation sites is 1. The summed E-state index contributed by atoms with van der Waals surface area (Å²) < 4.78 is 5.51. The van der Waals surface area contributed by atoms with E-state index in [2.05, 4.69) is 25.2 Å². The molecule has 0 unspecified atom stereocenters. The number of nitrogens with two attached hydrogens (primary N) is 1. The van der Waals surface area contributed by atoms with Crippen molar-refractivity contribution in [3.8, 4) is 0 Å². The number of nitrogen functional groups attached to an aromatic ring is 1. The molecule has 0 radical (unpaired) electrons. The molecule has 0 amide bonds. The molecule has 1 aromatic carbocycles. The molecule has 17 heavy (non-hydrogen) atoms. The Kier molecular flexibility index (Phi) is 6.67. The Morgan fingerprint density at radius 2 is 2.06 bits per heavy atom. The van der Waals surface area contributed by atoms with Crippen molar-refractivity contribution in [2.45, 2.75) is 26.8 Å². The minimum absolute atomic E-state index is 0.618. The molecule has 0 spiro atoms. The van der Waals surface area contributed by atoms with Crippen LogP contribution in [0.25, 0.3) is 0 Å². The number of anilines is 1. The highest BCUT2D eigenvalue weighted by Crippen LogP contribution is 2.09. The predicted molar refractivity (Wildman–Crippen MR) is 72.8 cm³/mol. The van der Waals surface area contributed by atoms with Gasteiger partial charge in [-0.25, -0.2) is 0 Å². The van der Waals surface area contributed by atoms with Crippen LogP contribution in [-0.2, 0) is 11.3 Å². The first-order chi connectivity index (χ1) is 8.20. The molecule has 3 nitrogen and oxygen atoms in total. The third kappa shape index (κ3) is 6.29. The summed E-state index contributed by atoms with van der Waals surface area (Å²) in [6.07, 6.45) is 1.04. The highest BCUT2D eigenvalue weighted by molar-refractivity contribution is 5.46. The quantitative estimate of drug-likeness (QED) is 0.538. The molecule has 1 rings (SSSR count). The number of ether oxygens (including phenoxy) is 1. The van der Waals surface area contributed by atoms with Crippen molar-refractivity contribution in [2.24, 2.45) is 5.92 Å². The summed E-state index contributed by atoms with van der Waals surface area (Å²) in [6.45, 7) is 7.80. The van der Waals surface area contributed by atoms with Gasteiger partial charge in [0.1, 0.15) is 0 Å². The Morgan fingerprint density at radius 3 is 2.76 bits per heavy atom. The Bertz CT molecular complexity index is 313. The lowest BCUT2D eigenvalue weighted by Crippen LogP contribution is -2.17. The van der Waals surface area contributed by atoms with Crippen LogP contribution in [0.3, 0.4) is 0 Å². The lowest BCUT2D eigenvalue weighted by atomic mass is 10.2. The smallest absolute Gasteiger partial charge is 0.0489 e. The van der Waals surface area contributed by atoms with Gasteiger partial charge in [-0.2, -0.15) is 0 Å². The highest BCUT2D eigenvalue weighted by Gasteiger charge is 1.97. The predicted octanol–water partition coefficient (Wildman–Crippen LogP) is 2.42. The number of rotatable bonds is 8. The van der Waals surface area contributed by atoms with E-state index < -0.39 is 0 Å². The summed E-state index contributed by atoms with van der Waals surface area (Å²) in [5, 5.41) is 3.37. The molecule has 96 valence electrons. The molecule has 0 fully saturated rings. The molecule has 0 aliphatic heterocycles. The topological polar surface area (TPSA) is 47.3 Å². The summed E-state index contributed by atoms with van der Waals surface area (Å²) >= 11 is 0. The SMILES string of the molecule is CC(C)COCCCNCc1ccccc1N. The van der Waals surface area contributed by atoms with Gasteiger partial charge in [0.15, 0.2) is 0 Å². The van der Waals surface area contributed by atoms with Crippen LogP contribution in [0.15, 0.2) is 24.3 Å². The van der Waals surface area contributed by atoms with E-state index in [1.54, 1.807) is 0 Å². The molecular formula is C14H24N2O. The van der Waals surface area contributed by atoms with Crippen LogP contribution in [0.1, 0.15) is 25.8 Å². The molecule has 0 saturated carbocycles. The molecule has 0 saturated heterocycles. The fourth-order valence-electron chi connectivity index (χ4n) is 1.54. The van der Waals surface area contributed by atoms with Gasteiger partial charge in [-0.15, -0.1) is 0 Å². The van der Waals surface area contributed by atoms with E-state index in [-0.39, 0.29) is 0 Å². The summed E-state index contributed by atoms with van der Waals surface area (Å²) in [4.78, 5) is 0. The van der Waals surface area contributed by atoms with E-state index in [4.69, 9.17) is 10.5 Å². The standard InChI is InChI=1S/C14H24N2O/c1-12(2)11-17-9-5-8-16-10-13-6-3-4-7-14(13)15/h3-4,6-7,12,16H,5,8-11,15H2,1-2H3. The zero-order chi connectivity index (χ0) is 12.5. The van der Waals surface area contributed by atoms with E-state index in [1.807, 2.05) is 18.2 Å². The summed E-state index contributed by atoms with van der Waals surface area (Å²) in [5.41, 5.74) is 7.87. The first-order valence-corrected chi connectivity index (χ1v) is 6.32. The van der Waals surface area contributed by atoms with Gasteiger partial charge in [-0.1, -0.05) is 32.0 Å². The van der Waals surface area contributed by atoms with Crippen molar-refractivity contribution in [1.29, 1.82) is 0 Å². The summed E-state index contributed by atoms with van der Waals surface area (Å²) in [6, 6.07) is 7.96. The van der Waals surface area contributed by atoms with Crippen molar-refractivity contribution in [3.05, 3.63) is 29.8 Å². The first-order valence-electron chi connectivity index (χ1n) is 6.32. The average Bonchev–Trinajstić information content (AvgIpc) is 2.30. The van der Waals surface area contributed by atoms with Crippen LogP contribution in [0.2, 0.25) is 0 Å². The first kappa shape index (κ1) is 14.0. The van der Waals surface area contributed by atoms with Gasteiger partial charge < -0.3 is 15.8 Å². The van der Waals surface area contributed by atoms with Gasteiger partial charge >= 0.3 is 0 Å². The van der Waals surface area contributed by atoms with Gasteiger partial charge in [0.2, 0.25) is 0 Å². The average molecular weight is 236 g/mol. The Balaban J connectivity index is 2.03. The third-order valence-corrected chi connectivity index (χ3v) is 2.46. The zero-order valence-electron chi connectivity index (χ0n) is 10.9. The molecular weight excluding hydrogens is 212 g/mol. The van der Waals surface area contributed by atoms with Gasteiger partial charge in [-0.05, 0) is 30.5 Å². The third-order valence-electron chi connectivity index (χ3n) is 2.46. The monoisotopic (exact) mass is 236 g/mol. The van der Waals surface area contributed by atoms with Crippen LogP contribution in [-0.4, -0.2) is 19.8 Å². The Morgan fingerprint density at radius 1 is 1.29 bits per heavy atom. The Labute approximate surface area is 104 Å². The van der Waals surface area contributed by atoms with Crippen molar-refractivity contribution < 1.29 is 4.74 Å². The van der Waals surface area contributed by atoms with Gasteiger partial charge in [0, 0.05) is 25.4 Å². The van der Waals surface area contributed by atoms with E-state index in [0.717, 1.165) is 44.0 Å². The summed E-state index contributed by atoms with van der Waals surface area (Å²) in [7, 11) is 0. The zero-order valence-corrected chi connectivity index (χ0v) is 10.9. The number of benzene rings is 1. The number of nitrogens with one attached hydrogen (secondary N) is 1. The molecule has 3 N–H and O–H groups in total. The highest BCUT2D eigenvalue weighted by atomic mass is 16.5. The number of hydrogen-bond acceptors (Lipinski definition) is 3. The van der Waals surface area contributed by atoms with Crippen LogP contribution in [0.4, 0.5) is 5.69 Å². The molecule has 0 aromatic heterocycles. The van der Waals surface area contributed by atoms with E-state index >= 15 is 0 Å². The van der Waals surface area contributed by atoms with Crippen LogP contribution < -0.4 is 11.1 Å². The largest absolute Gasteiger partial charge is 0.398 e. The molecule has 0 aliphatic rings. The fourth-order valence-corrected chi connectivity index (χ4v) is 1.54. The van der Waals surface area contributed by atoms with Gasteiger partial charge in [0.25, 0.3) is 0 Å². The summed E-state index contributed by atoms with van der Waals surface area (Å²) in [5.74, 6) is 0.618. The molecule has 1 aromatic rings.